The molecular weight excluding hydrogens is 210 g/mol. The molecule has 0 aliphatic carbocycles. The predicted molar refractivity (Wildman–Crippen MR) is 61.5 cm³/mol. The van der Waals surface area contributed by atoms with E-state index in [1.807, 2.05) is 17.8 Å². The van der Waals surface area contributed by atoms with E-state index < -0.39 is 0 Å². The average molecular weight is 227 g/mol. The zero-order valence-electron chi connectivity index (χ0n) is 8.79. The number of rotatable bonds is 5. The zero-order valence-corrected chi connectivity index (χ0v) is 9.61. The second kappa shape index (κ2) is 7.55. The van der Waals surface area contributed by atoms with Crippen molar-refractivity contribution in [2.45, 2.75) is 12.8 Å². The number of carbonyl (C=O) groups excluding carboxylic acids is 1. The van der Waals surface area contributed by atoms with Crippen LogP contribution in [-0.4, -0.2) is 37.0 Å². The minimum Gasteiger partial charge on any atom is -0.342 e. The van der Waals surface area contributed by atoms with Crippen LogP contribution in [0.3, 0.4) is 0 Å². The van der Waals surface area contributed by atoms with Gasteiger partial charge < -0.3 is 10.6 Å². The molecule has 0 atom stereocenters. The van der Waals surface area contributed by atoms with Gasteiger partial charge in [0.1, 0.15) is 6.54 Å². The van der Waals surface area contributed by atoms with Crippen molar-refractivity contribution in [3.8, 4) is 6.07 Å². The van der Waals surface area contributed by atoms with Crippen LogP contribution in [0.1, 0.15) is 12.8 Å². The summed E-state index contributed by atoms with van der Waals surface area (Å²) in [6, 6.07) is 1.88. The molecule has 1 amide bonds. The van der Waals surface area contributed by atoms with Gasteiger partial charge in [0.25, 0.3) is 0 Å². The molecule has 4 nitrogen and oxygen atoms in total. The third-order valence-electron chi connectivity index (χ3n) is 2.42. The van der Waals surface area contributed by atoms with Gasteiger partial charge in [0, 0.05) is 0 Å². The quantitative estimate of drug-likeness (QED) is 0.666. The maximum atomic E-state index is 11.1. The van der Waals surface area contributed by atoms with Gasteiger partial charge in [-0.05, 0) is 36.8 Å². The molecule has 1 heterocycles. The number of nitriles is 1. The van der Waals surface area contributed by atoms with Gasteiger partial charge in [-0.15, -0.1) is 0 Å². The highest BCUT2D eigenvalue weighted by atomic mass is 32.2. The number of nitrogens with zero attached hydrogens (tertiary/aromatic N) is 1. The van der Waals surface area contributed by atoms with Crippen LogP contribution in [0.2, 0.25) is 0 Å². The maximum Gasteiger partial charge on any atom is 0.234 e. The molecule has 1 fully saturated rings. The van der Waals surface area contributed by atoms with Gasteiger partial charge in [0.05, 0.1) is 12.6 Å². The number of nitrogens with one attached hydrogen (secondary N) is 2. The Morgan fingerprint density at radius 1 is 1.47 bits per heavy atom. The summed E-state index contributed by atoms with van der Waals surface area (Å²) in [6.07, 6.45) is 2.50. The third kappa shape index (κ3) is 5.65. The first-order valence-corrected chi connectivity index (χ1v) is 6.40. The molecular formula is C10H17N3OS. The molecule has 0 bridgehead atoms. The molecule has 0 saturated carbocycles. The van der Waals surface area contributed by atoms with Crippen molar-refractivity contribution in [1.82, 2.24) is 10.6 Å². The van der Waals surface area contributed by atoms with E-state index in [0.29, 0.717) is 6.54 Å². The summed E-state index contributed by atoms with van der Waals surface area (Å²) in [5.41, 5.74) is 0. The molecule has 5 heteroatoms. The number of carbonyl (C=O) groups is 1. The van der Waals surface area contributed by atoms with Gasteiger partial charge in [-0.2, -0.15) is 17.0 Å². The van der Waals surface area contributed by atoms with Gasteiger partial charge in [-0.3, -0.25) is 4.79 Å². The fourth-order valence-electron chi connectivity index (χ4n) is 1.54. The number of amides is 1. The number of hydrogen-bond acceptors (Lipinski definition) is 4. The molecule has 15 heavy (non-hydrogen) atoms. The van der Waals surface area contributed by atoms with E-state index in [9.17, 15) is 4.79 Å². The fraction of sp³-hybridized carbons (Fsp3) is 0.800. The molecule has 0 aromatic rings. The van der Waals surface area contributed by atoms with Crippen LogP contribution in [0, 0.1) is 17.2 Å². The molecule has 0 spiro atoms. The van der Waals surface area contributed by atoms with Crippen molar-refractivity contribution in [2.24, 2.45) is 5.92 Å². The molecule has 0 aromatic carbocycles. The normalized spacial score (nSPS) is 17.0. The Hall–Kier alpha value is -0.730. The van der Waals surface area contributed by atoms with Crippen molar-refractivity contribution in [1.29, 1.82) is 5.26 Å². The lowest BCUT2D eigenvalue weighted by molar-refractivity contribution is -0.120. The van der Waals surface area contributed by atoms with Crippen molar-refractivity contribution in [3.05, 3.63) is 0 Å². The second-order valence-electron chi connectivity index (χ2n) is 3.62. The Kier molecular flexibility index (Phi) is 6.21. The minimum atomic E-state index is -0.0956. The molecule has 1 saturated heterocycles. The smallest absolute Gasteiger partial charge is 0.234 e. The van der Waals surface area contributed by atoms with E-state index in [1.54, 1.807) is 0 Å². The lowest BCUT2D eigenvalue weighted by atomic mass is 10.0. The first-order valence-electron chi connectivity index (χ1n) is 5.25. The van der Waals surface area contributed by atoms with Crippen LogP contribution >= 0.6 is 11.8 Å². The highest BCUT2D eigenvalue weighted by molar-refractivity contribution is 7.99. The number of hydrogen-bond donors (Lipinski definition) is 2. The third-order valence-corrected chi connectivity index (χ3v) is 3.47. The fourth-order valence-corrected chi connectivity index (χ4v) is 2.75. The van der Waals surface area contributed by atoms with Crippen LogP contribution in [0.5, 0.6) is 0 Å². The van der Waals surface area contributed by atoms with Gasteiger partial charge in [0.2, 0.25) is 5.91 Å². The molecule has 1 aliphatic rings. The van der Waals surface area contributed by atoms with Gasteiger partial charge in [0.15, 0.2) is 0 Å². The van der Waals surface area contributed by atoms with Gasteiger partial charge in [-0.25, -0.2) is 0 Å². The highest BCUT2D eigenvalue weighted by Crippen LogP contribution is 2.21. The standard InChI is InChI=1S/C10H17N3OS/c11-3-4-13-10(14)8-12-7-9-1-5-15-6-2-9/h9,12H,1-2,4-8H2,(H,13,14). The Bertz CT molecular complexity index is 233. The Morgan fingerprint density at radius 3 is 2.87 bits per heavy atom. The van der Waals surface area contributed by atoms with E-state index >= 15 is 0 Å². The molecule has 0 unspecified atom stereocenters. The molecule has 84 valence electrons. The monoisotopic (exact) mass is 227 g/mol. The summed E-state index contributed by atoms with van der Waals surface area (Å²) >= 11 is 2.01. The first kappa shape index (κ1) is 12.3. The van der Waals surface area contributed by atoms with Crippen LogP contribution in [0.4, 0.5) is 0 Å². The summed E-state index contributed by atoms with van der Waals surface area (Å²) in [5.74, 6) is 3.11. The topological polar surface area (TPSA) is 64.9 Å². The largest absolute Gasteiger partial charge is 0.342 e. The predicted octanol–water partition coefficient (Wildman–Crippen LogP) is 0.359. The summed E-state index contributed by atoms with van der Waals surface area (Å²) in [4.78, 5) is 11.1. The van der Waals surface area contributed by atoms with E-state index in [1.165, 1.54) is 24.3 Å². The lowest BCUT2D eigenvalue weighted by Crippen LogP contribution is -2.36. The van der Waals surface area contributed by atoms with E-state index in [4.69, 9.17) is 5.26 Å². The second-order valence-corrected chi connectivity index (χ2v) is 4.85. The van der Waals surface area contributed by atoms with Crippen LogP contribution in [0.25, 0.3) is 0 Å². The Labute approximate surface area is 94.8 Å². The summed E-state index contributed by atoms with van der Waals surface area (Å²) in [6.45, 7) is 1.34. The van der Waals surface area contributed by atoms with Crippen LogP contribution in [0.15, 0.2) is 0 Å². The molecule has 0 radical (unpaired) electrons. The molecule has 0 aromatic heterocycles. The van der Waals surface area contributed by atoms with Crippen LogP contribution < -0.4 is 10.6 Å². The highest BCUT2D eigenvalue weighted by Gasteiger charge is 2.13. The van der Waals surface area contributed by atoms with E-state index in [2.05, 4.69) is 10.6 Å². The van der Waals surface area contributed by atoms with Crippen molar-refractivity contribution in [3.63, 3.8) is 0 Å². The zero-order chi connectivity index (χ0) is 10.9. The van der Waals surface area contributed by atoms with Crippen molar-refractivity contribution in [2.75, 3.05) is 31.1 Å². The number of thioether (sulfide) groups is 1. The summed E-state index contributed by atoms with van der Waals surface area (Å²) in [5, 5.41) is 13.9. The Balaban J connectivity index is 2.00. The summed E-state index contributed by atoms with van der Waals surface area (Å²) < 4.78 is 0. The molecule has 2 N–H and O–H groups in total. The molecule has 1 rings (SSSR count). The summed E-state index contributed by atoms with van der Waals surface area (Å²) in [7, 11) is 0. The average Bonchev–Trinajstić information content (AvgIpc) is 2.28. The van der Waals surface area contributed by atoms with Crippen molar-refractivity contribution < 1.29 is 4.79 Å². The van der Waals surface area contributed by atoms with E-state index in [-0.39, 0.29) is 12.5 Å². The van der Waals surface area contributed by atoms with Gasteiger partial charge in [-0.1, -0.05) is 0 Å². The maximum absolute atomic E-state index is 11.1. The minimum absolute atomic E-state index is 0.0956. The van der Waals surface area contributed by atoms with Crippen LogP contribution in [-0.2, 0) is 4.79 Å². The lowest BCUT2D eigenvalue weighted by Gasteiger charge is -2.21. The van der Waals surface area contributed by atoms with E-state index in [0.717, 1.165) is 12.5 Å². The SMILES string of the molecule is N#CCNC(=O)CNCC1CCSCC1. The first-order chi connectivity index (χ1) is 7.33. The van der Waals surface area contributed by atoms with Crippen molar-refractivity contribution >= 4 is 17.7 Å². The van der Waals surface area contributed by atoms with Gasteiger partial charge >= 0.3 is 0 Å². The molecule has 1 aliphatic heterocycles. The Morgan fingerprint density at radius 2 is 2.20 bits per heavy atom.